The number of halogens is 3. The van der Waals surface area contributed by atoms with E-state index in [0.29, 0.717) is 11.8 Å². The number of aromatic hydroxyl groups is 1. The number of nitrogens with zero attached hydrogens (tertiary/aromatic N) is 4. The van der Waals surface area contributed by atoms with Gasteiger partial charge in [0.2, 0.25) is 0 Å². The summed E-state index contributed by atoms with van der Waals surface area (Å²) in [7, 11) is 3.96. The van der Waals surface area contributed by atoms with Gasteiger partial charge in [-0.1, -0.05) is 0 Å². The fourth-order valence-corrected chi connectivity index (χ4v) is 3.94. The van der Waals surface area contributed by atoms with Crippen LogP contribution in [0.4, 0.5) is 30.2 Å². The Morgan fingerprint density at radius 3 is 2.35 bits per heavy atom. The van der Waals surface area contributed by atoms with Crippen molar-refractivity contribution in [1.82, 2.24) is 4.98 Å². The van der Waals surface area contributed by atoms with Gasteiger partial charge in [-0.3, -0.25) is 0 Å². The molecule has 158 valence electrons. The van der Waals surface area contributed by atoms with Crippen LogP contribution in [0.2, 0.25) is 0 Å². The first kappa shape index (κ1) is 20.8. The van der Waals surface area contributed by atoms with Crippen LogP contribution in [0.1, 0.15) is 5.56 Å². The van der Waals surface area contributed by atoms with Crippen LogP contribution in [0.5, 0.6) is 5.75 Å². The van der Waals surface area contributed by atoms with Crippen molar-refractivity contribution >= 4 is 38.6 Å². The second-order valence-corrected chi connectivity index (χ2v) is 8.04. The van der Waals surface area contributed by atoms with E-state index < -0.39 is 17.5 Å². The summed E-state index contributed by atoms with van der Waals surface area (Å²) in [6.07, 6.45) is -4.64. The third kappa shape index (κ3) is 4.51. The monoisotopic (exact) mass is 442 g/mol. The largest absolute Gasteiger partial charge is 0.508 e. The number of benzene rings is 3. The Morgan fingerprint density at radius 1 is 0.935 bits per heavy atom. The van der Waals surface area contributed by atoms with Crippen LogP contribution in [0.15, 0.2) is 70.9 Å². The van der Waals surface area contributed by atoms with Crippen molar-refractivity contribution in [3.8, 4) is 16.3 Å². The SMILES string of the molecule is CN(C)c1ccc2nc(-c3ccc(N=Nc4ccc(O)cc4C(F)(F)F)cc3)sc2c1. The van der Waals surface area contributed by atoms with Crippen LogP contribution in [0.25, 0.3) is 20.8 Å². The molecule has 1 heterocycles. The lowest BCUT2D eigenvalue weighted by molar-refractivity contribution is -0.137. The van der Waals surface area contributed by atoms with E-state index in [9.17, 15) is 18.3 Å². The van der Waals surface area contributed by atoms with E-state index in [1.807, 2.05) is 31.1 Å². The van der Waals surface area contributed by atoms with E-state index in [-0.39, 0.29) is 5.69 Å². The second-order valence-electron chi connectivity index (χ2n) is 7.01. The number of thiazole rings is 1. The summed E-state index contributed by atoms with van der Waals surface area (Å²) in [6, 6.07) is 15.9. The number of phenolic OH excluding ortho intramolecular Hbond substituents is 1. The van der Waals surface area contributed by atoms with Gasteiger partial charge in [0.15, 0.2) is 0 Å². The maximum atomic E-state index is 13.1. The molecule has 0 fully saturated rings. The van der Waals surface area contributed by atoms with Crippen molar-refractivity contribution < 1.29 is 18.3 Å². The average molecular weight is 442 g/mol. The summed E-state index contributed by atoms with van der Waals surface area (Å²) in [5, 5.41) is 17.8. The number of aromatic nitrogens is 1. The third-order valence-electron chi connectivity index (χ3n) is 4.56. The Balaban J connectivity index is 1.59. The molecule has 4 rings (SSSR count). The van der Waals surface area contributed by atoms with Gasteiger partial charge in [-0.15, -0.1) is 16.5 Å². The lowest BCUT2D eigenvalue weighted by Crippen LogP contribution is -2.07. The van der Waals surface area contributed by atoms with E-state index in [4.69, 9.17) is 0 Å². The van der Waals surface area contributed by atoms with Crippen molar-refractivity contribution in [1.29, 1.82) is 0 Å². The first-order valence-electron chi connectivity index (χ1n) is 9.21. The molecule has 0 aliphatic heterocycles. The zero-order valence-corrected chi connectivity index (χ0v) is 17.4. The average Bonchev–Trinajstić information content (AvgIpc) is 3.16. The minimum atomic E-state index is -4.64. The van der Waals surface area contributed by atoms with Crippen LogP contribution in [0.3, 0.4) is 0 Å². The molecule has 0 atom stereocenters. The molecular weight excluding hydrogens is 425 g/mol. The van der Waals surface area contributed by atoms with Crippen molar-refractivity contribution in [2.24, 2.45) is 10.2 Å². The van der Waals surface area contributed by atoms with Crippen LogP contribution >= 0.6 is 11.3 Å². The summed E-state index contributed by atoms with van der Waals surface area (Å²) >= 11 is 1.56. The fraction of sp³-hybridized carbons (Fsp3) is 0.136. The molecule has 0 bridgehead atoms. The van der Waals surface area contributed by atoms with Crippen molar-refractivity contribution in [3.05, 3.63) is 66.2 Å². The number of hydrogen-bond acceptors (Lipinski definition) is 6. The number of phenols is 1. The van der Waals surface area contributed by atoms with Gasteiger partial charge in [0.25, 0.3) is 0 Å². The predicted octanol–water partition coefficient (Wildman–Crippen LogP) is 7.17. The topological polar surface area (TPSA) is 61.1 Å². The molecule has 0 amide bonds. The Kier molecular flexibility index (Phi) is 5.36. The van der Waals surface area contributed by atoms with Gasteiger partial charge in [-0.25, -0.2) is 4.98 Å². The highest BCUT2D eigenvalue weighted by Crippen LogP contribution is 2.39. The molecule has 0 aliphatic rings. The number of rotatable bonds is 4. The first-order valence-corrected chi connectivity index (χ1v) is 10.0. The molecule has 0 saturated heterocycles. The van der Waals surface area contributed by atoms with Crippen LogP contribution in [0, 0.1) is 0 Å². The standard InChI is InChI=1S/C22H17F3N4OS/c1-29(2)15-7-9-19-20(11-15)31-21(26-19)13-3-5-14(6-4-13)27-28-18-10-8-16(30)12-17(18)22(23,24)25/h3-12,30H,1-2H3. The quantitative estimate of drug-likeness (QED) is 0.341. The molecular formula is C22H17F3N4OS. The molecule has 0 spiro atoms. The molecule has 9 heteroatoms. The zero-order chi connectivity index (χ0) is 22.2. The Labute approximate surface area is 180 Å². The van der Waals surface area contributed by atoms with Gasteiger partial charge < -0.3 is 10.0 Å². The number of fused-ring (bicyclic) bond motifs is 1. The lowest BCUT2D eigenvalue weighted by Gasteiger charge is -2.11. The molecule has 0 saturated carbocycles. The normalized spacial score (nSPS) is 12.0. The summed E-state index contributed by atoms with van der Waals surface area (Å²) in [5.74, 6) is -0.482. The maximum absolute atomic E-state index is 13.1. The second kappa shape index (κ2) is 7.99. The molecule has 31 heavy (non-hydrogen) atoms. The number of azo groups is 1. The molecule has 4 aromatic rings. The van der Waals surface area contributed by atoms with Gasteiger partial charge in [0.05, 0.1) is 27.2 Å². The van der Waals surface area contributed by atoms with Crippen molar-refractivity contribution in [3.63, 3.8) is 0 Å². The fourth-order valence-electron chi connectivity index (χ4n) is 2.94. The number of hydrogen-bond donors (Lipinski definition) is 1. The minimum Gasteiger partial charge on any atom is -0.508 e. The van der Waals surface area contributed by atoms with E-state index in [0.717, 1.165) is 38.6 Å². The van der Waals surface area contributed by atoms with E-state index in [1.165, 1.54) is 0 Å². The molecule has 0 unspecified atom stereocenters. The van der Waals surface area contributed by atoms with Crippen molar-refractivity contribution in [2.45, 2.75) is 6.18 Å². The van der Waals surface area contributed by atoms with Crippen LogP contribution < -0.4 is 4.90 Å². The van der Waals surface area contributed by atoms with Crippen LogP contribution in [-0.4, -0.2) is 24.2 Å². The van der Waals surface area contributed by atoms with E-state index in [1.54, 1.807) is 35.6 Å². The Morgan fingerprint density at radius 2 is 1.68 bits per heavy atom. The minimum absolute atomic E-state index is 0.364. The highest BCUT2D eigenvalue weighted by atomic mass is 32.1. The van der Waals surface area contributed by atoms with Crippen LogP contribution in [-0.2, 0) is 6.18 Å². The third-order valence-corrected chi connectivity index (χ3v) is 5.63. The van der Waals surface area contributed by atoms with E-state index in [2.05, 4.69) is 21.3 Å². The lowest BCUT2D eigenvalue weighted by atomic mass is 10.1. The number of anilines is 1. The zero-order valence-electron chi connectivity index (χ0n) is 16.6. The smallest absolute Gasteiger partial charge is 0.418 e. The van der Waals surface area contributed by atoms with E-state index >= 15 is 0 Å². The van der Waals surface area contributed by atoms with Gasteiger partial charge in [-0.2, -0.15) is 18.3 Å². The summed E-state index contributed by atoms with van der Waals surface area (Å²) in [5.41, 5.74) is 1.87. The molecule has 0 radical (unpaired) electrons. The highest BCUT2D eigenvalue weighted by Gasteiger charge is 2.34. The molecule has 5 nitrogen and oxygen atoms in total. The van der Waals surface area contributed by atoms with Gasteiger partial charge in [0.1, 0.15) is 10.8 Å². The summed E-state index contributed by atoms with van der Waals surface area (Å²) in [4.78, 5) is 6.68. The summed E-state index contributed by atoms with van der Waals surface area (Å²) in [6.45, 7) is 0. The Hall–Kier alpha value is -3.46. The van der Waals surface area contributed by atoms with Gasteiger partial charge in [-0.05, 0) is 60.7 Å². The Bertz CT molecular complexity index is 1260. The highest BCUT2D eigenvalue weighted by molar-refractivity contribution is 7.21. The molecule has 1 N–H and O–H groups in total. The first-order chi connectivity index (χ1) is 14.7. The molecule has 3 aromatic carbocycles. The van der Waals surface area contributed by atoms with Crippen molar-refractivity contribution in [2.75, 3.05) is 19.0 Å². The molecule has 1 aromatic heterocycles. The molecule has 0 aliphatic carbocycles. The predicted molar refractivity (Wildman–Crippen MR) is 117 cm³/mol. The van der Waals surface area contributed by atoms with Gasteiger partial charge in [0, 0.05) is 25.3 Å². The summed E-state index contributed by atoms with van der Waals surface area (Å²) < 4.78 is 40.5. The van der Waals surface area contributed by atoms with Gasteiger partial charge >= 0.3 is 6.18 Å². The number of alkyl halides is 3. The maximum Gasteiger partial charge on any atom is 0.418 e.